The summed E-state index contributed by atoms with van der Waals surface area (Å²) in [5, 5.41) is 15.1. The Bertz CT molecular complexity index is 596. The molecule has 0 aliphatic carbocycles. The zero-order valence-electron chi connectivity index (χ0n) is 11.1. The van der Waals surface area contributed by atoms with E-state index in [4.69, 9.17) is 0 Å². The van der Waals surface area contributed by atoms with Gasteiger partial charge >= 0.3 is 0 Å². The standard InChI is InChI=1S/C14H17N3O2/c1-10(2)7-9-15-12-5-6-13(17(18)19)14-11(12)4-3-8-16-14/h3-6,8,10,15H,7,9H2,1-2H3. The molecule has 1 N–H and O–H groups in total. The number of rotatable bonds is 5. The number of nitrogens with zero attached hydrogens (tertiary/aromatic N) is 2. The lowest BCUT2D eigenvalue weighted by Crippen LogP contribution is -2.05. The highest BCUT2D eigenvalue weighted by atomic mass is 16.6. The molecule has 0 fully saturated rings. The van der Waals surface area contributed by atoms with Gasteiger partial charge < -0.3 is 5.32 Å². The molecule has 19 heavy (non-hydrogen) atoms. The smallest absolute Gasteiger partial charge is 0.295 e. The molecule has 1 heterocycles. The van der Waals surface area contributed by atoms with Gasteiger partial charge in [-0.1, -0.05) is 13.8 Å². The van der Waals surface area contributed by atoms with Gasteiger partial charge in [0.15, 0.2) is 0 Å². The molecular weight excluding hydrogens is 242 g/mol. The molecule has 0 unspecified atom stereocenters. The van der Waals surface area contributed by atoms with Gasteiger partial charge in [0.2, 0.25) is 0 Å². The number of hydrogen-bond acceptors (Lipinski definition) is 4. The topological polar surface area (TPSA) is 68.1 Å². The summed E-state index contributed by atoms with van der Waals surface area (Å²) < 4.78 is 0. The normalized spacial score (nSPS) is 10.9. The predicted molar refractivity (Wildman–Crippen MR) is 76.3 cm³/mol. The van der Waals surface area contributed by atoms with Crippen molar-refractivity contribution in [1.29, 1.82) is 0 Å². The van der Waals surface area contributed by atoms with E-state index < -0.39 is 4.92 Å². The monoisotopic (exact) mass is 259 g/mol. The lowest BCUT2D eigenvalue weighted by molar-refractivity contribution is -0.383. The van der Waals surface area contributed by atoms with Crippen LogP contribution in [0.4, 0.5) is 11.4 Å². The predicted octanol–water partition coefficient (Wildman–Crippen LogP) is 3.60. The van der Waals surface area contributed by atoms with Crippen LogP contribution in [0.2, 0.25) is 0 Å². The second kappa shape index (κ2) is 5.65. The Kier molecular flexibility index (Phi) is 3.94. The summed E-state index contributed by atoms with van der Waals surface area (Å²) in [6.07, 6.45) is 2.63. The van der Waals surface area contributed by atoms with E-state index in [1.165, 1.54) is 6.07 Å². The number of fused-ring (bicyclic) bond motifs is 1. The van der Waals surface area contributed by atoms with Gasteiger partial charge in [-0.05, 0) is 30.5 Å². The van der Waals surface area contributed by atoms with E-state index in [9.17, 15) is 10.1 Å². The average molecular weight is 259 g/mol. The van der Waals surface area contributed by atoms with Gasteiger partial charge in [0, 0.05) is 29.9 Å². The fourth-order valence-electron chi connectivity index (χ4n) is 1.95. The van der Waals surface area contributed by atoms with Crippen molar-refractivity contribution in [3.63, 3.8) is 0 Å². The van der Waals surface area contributed by atoms with Gasteiger partial charge in [-0.15, -0.1) is 0 Å². The molecule has 0 saturated heterocycles. The van der Waals surface area contributed by atoms with E-state index in [0.29, 0.717) is 11.4 Å². The van der Waals surface area contributed by atoms with Crippen LogP contribution < -0.4 is 5.32 Å². The summed E-state index contributed by atoms with van der Waals surface area (Å²) in [5.41, 5.74) is 1.38. The Balaban J connectivity index is 2.36. The lowest BCUT2D eigenvalue weighted by atomic mass is 10.1. The van der Waals surface area contributed by atoms with Crippen molar-refractivity contribution in [3.8, 4) is 0 Å². The molecule has 0 saturated carbocycles. The van der Waals surface area contributed by atoms with Gasteiger partial charge in [0.25, 0.3) is 5.69 Å². The largest absolute Gasteiger partial charge is 0.384 e. The third-order valence-electron chi connectivity index (χ3n) is 2.98. The Labute approximate surface area is 111 Å². The number of aromatic nitrogens is 1. The van der Waals surface area contributed by atoms with Crippen molar-refractivity contribution in [2.75, 3.05) is 11.9 Å². The zero-order valence-corrected chi connectivity index (χ0v) is 11.1. The summed E-state index contributed by atoms with van der Waals surface area (Å²) in [7, 11) is 0. The van der Waals surface area contributed by atoms with Gasteiger partial charge in [0.1, 0.15) is 5.52 Å². The molecule has 0 atom stereocenters. The molecule has 0 aliphatic rings. The van der Waals surface area contributed by atoms with Gasteiger partial charge in [0.05, 0.1) is 4.92 Å². The first-order valence-corrected chi connectivity index (χ1v) is 6.35. The highest BCUT2D eigenvalue weighted by Crippen LogP contribution is 2.29. The highest BCUT2D eigenvalue weighted by Gasteiger charge is 2.14. The maximum absolute atomic E-state index is 11.0. The third kappa shape index (κ3) is 2.99. The minimum absolute atomic E-state index is 0.0463. The van der Waals surface area contributed by atoms with Gasteiger partial charge in [-0.2, -0.15) is 0 Å². The second-order valence-corrected chi connectivity index (χ2v) is 4.90. The number of benzene rings is 1. The first kappa shape index (κ1) is 13.3. The number of anilines is 1. The van der Waals surface area contributed by atoms with Crippen LogP contribution in [-0.2, 0) is 0 Å². The van der Waals surface area contributed by atoms with Crippen molar-refractivity contribution in [1.82, 2.24) is 4.98 Å². The summed E-state index contributed by atoms with van der Waals surface area (Å²) in [5.74, 6) is 0.620. The summed E-state index contributed by atoms with van der Waals surface area (Å²) in [4.78, 5) is 14.7. The van der Waals surface area contributed by atoms with Crippen molar-refractivity contribution in [3.05, 3.63) is 40.6 Å². The second-order valence-electron chi connectivity index (χ2n) is 4.90. The third-order valence-corrected chi connectivity index (χ3v) is 2.98. The van der Waals surface area contributed by atoms with Crippen LogP contribution in [0.25, 0.3) is 10.9 Å². The van der Waals surface area contributed by atoms with Crippen molar-refractivity contribution in [2.24, 2.45) is 5.92 Å². The fourth-order valence-corrected chi connectivity index (χ4v) is 1.95. The first-order valence-electron chi connectivity index (χ1n) is 6.35. The first-order chi connectivity index (χ1) is 9.09. The van der Waals surface area contributed by atoms with E-state index >= 15 is 0 Å². The van der Waals surface area contributed by atoms with Crippen LogP contribution in [0.5, 0.6) is 0 Å². The molecule has 0 spiro atoms. The average Bonchev–Trinajstić information content (AvgIpc) is 2.38. The molecule has 2 aromatic rings. The fraction of sp³-hybridized carbons (Fsp3) is 0.357. The van der Waals surface area contributed by atoms with Crippen LogP contribution >= 0.6 is 0 Å². The number of nitro groups is 1. The molecule has 0 bridgehead atoms. The molecule has 1 aromatic heterocycles. The van der Waals surface area contributed by atoms with Crippen molar-refractivity contribution < 1.29 is 4.92 Å². The quantitative estimate of drug-likeness (QED) is 0.658. The number of nitrogens with one attached hydrogen (secondary N) is 1. The minimum atomic E-state index is -0.396. The summed E-state index contributed by atoms with van der Waals surface area (Å²) in [6.45, 7) is 5.17. The maximum atomic E-state index is 11.0. The van der Waals surface area contributed by atoms with Crippen molar-refractivity contribution in [2.45, 2.75) is 20.3 Å². The van der Waals surface area contributed by atoms with Crippen LogP contribution in [0, 0.1) is 16.0 Å². The van der Waals surface area contributed by atoms with E-state index in [-0.39, 0.29) is 5.69 Å². The zero-order chi connectivity index (χ0) is 13.8. The number of nitro benzene ring substituents is 1. The molecule has 5 nitrogen and oxygen atoms in total. The molecular formula is C14H17N3O2. The molecule has 0 amide bonds. The molecule has 0 radical (unpaired) electrons. The minimum Gasteiger partial charge on any atom is -0.384 e. The van der Waals surface area contributed by atoms with Gasteiger partial charge in [-0.3, -0.25) is 10.1 Å². The van der Waals surface area contributed by atoms with E-state index in [1.807, 2.05) is 6.07 Å². The Morgan fingerprint density at radius 3 is 2.84 bits per heavy atom. The Morgan fingerprint density at radius 1 is 1.37 bits per heavy atom. The van der Waals surface area contributed by atoms with Crippen LogP contribution in [0.3, 0.4) is 0 Å². The highest BCUT2D eigenvalue weighted by molar-refractivity contribution is 5.96. The number of pyridine rings is 1. The van der Waals surface area contributed by atoms with E-state index in [1.54, 1.807) is 18.3 Å². The van der Waals surface area contributed by atoms with Crippen LogP contribution in [0.15, 0.2) is 30.5 Å². The Morgan fingerprint density at radius 2 is 2.16 bits per heavy atom. The molecule has 2 rings (SSSR count). The van der Waals surface area contributed by atoms with Crippen molar-refractivity contribution >= 4 is 22.3 Å². The molecule has 0 aliphatic heterocycles. The number of non-ortho nitro benzene ring substituents is 1. The van der Waals surface area contributed by atoms with Gasteiger partial charge in [-0.25, -0.2) is 4.98 Å². The molecule has 5 heteroatoms. The van der Waals surface area contributed by atoms with Crippen LogP contribution in [0.1, 0.15) is 20.3 Å². The van der Waals surface area contributed by atoms with E-state index in [0.717, 1.165) is 24.0 Å². The lowest BCUT2D eigenvalue weighted by Gasteiger charge is -2.10. The maximum Gasteiger partial charge on any atom is 0.295 e. The summed E-state index contributed by atoms with van der Waals surface area (Å²) >= 11 is 0. The molecule has 1 aromatic carbocycles. The van der Waals surface area contributed by atoms with Crippen LogP contribution in [-0.4, -0.2) is 16.5 Å². The summed E-state index contributed by atoms with van der Waals surface area (Å²) in [6, 6.07) is 6.90. The molecule has 100 valence electrons. The Hall–Kier alpha value is -2.17. The SMILES string of the molecule is CC(C)CCNc1ccc([N+](=O)[O-])c2ncccc12. The number of hydrogen-bond donors (Lipinski definition) is 1. The van der Waals surface area contributed by atoms with E-state index in [2.05, 4.69) is 24.1 Å².